The lowest BCUT2D eigenvalue weighted by atomic mass is 9.91. The molecule has 134 valence electrons. The summed E-state index contributed by atoms with van der Waals surface area (Å²) in [7, 11) is 0. The SMILES string of the molecule is Cc1ccc(CNC[C@@]2(O)CCCN(Cc3ccc(F)cc3)C2=O)s1. The number of carbonyl (C=O) groups is 1. The zero-order chi connectivity index (χ0) is 17.9. The molecule has 1 fully saturated rings. The number of nitrogens with zero attached hydrogens (tertiary/aromatic N) is 1. The van der Waals surface area contributed by atoms with Crippen molar-refractivity contribution in [3.63, 3.8) is 0 Å². The summed E-state index contributed by atoms with van der Waals surface area (Å²) in [5.41, 5.74) is -0.508. The highest BCUT2D eigenvalue weighted by molar-refractivity contribution is 7.11. The number of benzene rings is 1. The van der Waals surface area contributed by atoms with E-state index in [2.05, 4.69) is 24.4 Å². The minimum atomic E-state index is -1.37. The fourth-order valence-electron chi connectivity index (χ4n) is 3.16. The van der Waals surface area contributed by atoms with E-state index in [0.717, 1.165) is 12.0 Å². The number of aliphatic hydroxyl groups is 1. The lowest BCUT2D eigenvalue weighted by Crippen LogP contribution is -2.57. The predicted molar refractivity (Wildman–Crippen MR) is 96.8 cm³/mol. The molecule has 2 heterocycles. The molecule has 6 heteroatoms. The standard InChI is InChI=1S/C19H23FN2O2S/c1-14-3-8-17(25-14)11-21-13-19(24)9-2-10-22(18(19)23)12-15-4-6-16(20)7-5-15/h3-8,21,24H,2,9-13H2,1H3/t19-/m0/s1. The van der Waals surface area contributed by atoms with E-state index in [0.29, 0.717) is 26.1 Å². The Balaban J connectivity index is 1.58. The van der Waals surface area contributed by atoms with Gasteiger partial charge in [-0.3, -0.25) is 4.79 Å². The Kier molecular flexibility index (Phi) is 5.51. The molecular weight excluding hydrogens is 339 g/mol. The van der Waals surface area contributed by atoms with Gasteiger partial charge in [-0.15, -0.1) is 11.3 Å². The summed E-state index contributed by atoms with van der Waals surface area (Å²) in [5, 5.41) is 14.0. The minimum Gasteiger partial charge on any atom is -0.379 e. The van der Waals surface area contributed by atoms with Crippen molar-refractivity contribution in [3.8, 4) is 0 Å². The third kappa shape index (κ3) is 4.45. The second-order valence-electron chi connectivity index (χ2n) is 6.60. The second kappa shape index (κ2) is 7.64. The van der Waals surface area contributed by atoms with Gasteiger partial charge in [-0.1, -0.05) is 12.1 Å². The molecule has 4 nitrogen and oxygen atoms in total. The molecule has 1 amide bonds. The fourth-order valence-corrected chi connectivity index (χ4v) is 4.02. The van der Waals surface area contributed by atoms with E-state index >= 15 is 0 Å². The number of aryl methyl sites for hydroxylation is 1. The lowest BCUT2D eigenvalue weighted by molar-refractivity contribution is -0.157. The van der Waals surface area contributed by atoms with Crippen molar-refractivity contribution in [1.29, 1.82) is 0 Å². The molecule has 0 saturated carbocycles. The number of hydrogen-bond acceptors (Lipinski definition) is 4. The molecule has 3 rings (SSSR count). The first-order chi connectivity index (χ1) is 12.0. The van der Waals surface area contributed by atoms with Crippen LogP contribution in [0.4, 0.5) is 4.39 Å². The van der Waals surface area contributed by atoms with Gasteiger partial charge in [0.05, 0.1) is 0 Å². The number of thiophene rings is 1. The van der Waals surface area contributed by atoms with Gasteiger partial charge in [-0.2, -0.15) is 0 Å². The van der Waals surface area contributed by atoms with Crippen LogP contribution in [0.25, 0.3) is 0 Å². The van der Waals surface area contributed by atoms with Gasteiger partial charge in [0.25, 0.3) is 5.91 Å². The van der Waals surface area contributed by atoms with E-state index in [9.17, 15) is 14.3 Å². The Labute approximate surface area is 151 Å². The number of carbonyl (C=O) groups excluding carboxylic acids is 1. The van der Waals surface area contributed by atoms with Crippen LogP contribution in [0.2, 0.25) is 0 Å². The van der Waals surface area contributed by atoms with Crippen LogP contribution in [0, 0.1) is 12.7 Å². The summed E-state index contributed by atoms with van der Waals surface area (Å²) >= 11 is 1.71. The largest absolute Gasteiger partial charge is 0.379 e. The van der Waals surface area contributed by atoms with E-state index < -0.39 is 5.60 Å². The molecule has 0 aliphatic carbocycles. The van der Waals surface area contributed by atoms with Crippen LogP contribution in [-0.2, 0) is 17.9 Å². The van der Waals surface area contributed by atoms with Gasteiger partial charge >= 0.3 is 0 Å². The number of likely N-dealkylation sites (tertiary alicyclic amines) is 1. The van der Waals surface area contributed by atoms with Crippen molar-refractivity contribution in [2.75, 3.05) is 13.1 Å². The molecule has 2 aromatic rings. The highest BCUT2D eigenvalue weighted by Gasteiger charge is 2.41. The summed E-state index contributed by atoms with van der Waals surface area (Å²) in [6.45, 7) is 3.95. The van der Waals surface area contributed by atoms with Gasteiger partial charge < -0.3 is 15.3 Å². The van der Waals surface area contributed by atoms with E-state index in [1.165, 1.54) is 21.9 Å². The van der Waals surface area contributed by atoms with E-state index in [4.69, 9.17) is 0 Å². The number of piperidine rings is 1. The highest BCUT2D eigenvalue weighted by atomic mass is 32.1. The quantitative estimate of drug-likeness (QED) is 0.831. The van der Waals surface area contributed by atoms with Gasteiger partial charge in [0, 0.05) is 35.9 Å². The first kappa shape index (κ1) is 18.0. The predicted octanol–water partition coefficient (Wildman–Crippen LogP) is 2.84. The average molecular weight is 362 g/mol. The van der Waals surface area contributed by atoms with E-state index in [-0.39, 0.29) is 18.3 Å². The maximum absolute atomic E-state index is 13.0. The summed E-state index contributed by atoms with van der Waals surface area (Å²) in [6, 6.07) is 10.2. The number of hydrogen-bond donors (Lipinski definition) is 2. The van der Waals surface area contributed by atoms with Crippen molar-refractivity contribution >= 4 is 17.2 Å². The Bertz CT molecular complexity index is 731. The third-order valence-corrected chi connectivity index (χ3v) is 5.50. The molecule has 2 N–H and O–H groups in total. The number of nitrogens with one attached hydrogen (secondary N) is 1. The molecule has 25 heavy (non-hydrogen) atoms. The Morgan fingerprint density at radius 1 is 1.28 bits per heavy atom. The molecule has 0 spiro atoms. The van der Waals surface area contributed by atoms with Crippen molar-refractivity contribution in [1.82, 2.24) is 10.2 Å². The fraction of sp³-hybridized carbons (Fsp3) is 0.421. The normalized spacial score (nSPS) is 20.9. The summed E-state index contributed by atoms with van der Waals surface area (Å²) < 4.78 is 13.0. The van der Waals surface area contributed by atoms with Crippen molar-refractivity contribution in [2.45, 2.75) is 38.5 Å². The number of halogens is 1. The van der Waals surface area contributed by atoms with Gasteiger partial charge in [0.1, 0.15) is 5.82 Å². The van der Waals surface area contributed by atoms with Gasteiger partial charge in [0.2, 0.25) is 0 Å². The van der Waals surface area contributed by atoms with E-state index in [1.807, 2.05) is 0 Å². The molecule has 1 aliphatic rings. The zero-order valence-corrected chi connectivity index (χ0v) is 15.1. The monoisotopic (exact) mass is 362 g/mol. The van der Waals surface area contributed by atoms with Crippen LogP contribution in [0.3, 0.4) is 0 Å². The van der Waals surface area contributed by atoms with Crippen molar-refractivity contribution in [2.24, 2.45) is 0 Å². The maximum atomic E-state index is 13.0. The molecule has 1 aliphatic heterocycles. The first-order valence-corrected chi connectivity index (χ1v) is 9.30. The van der Waals surface area contributed by atoms with Crippen LogP contribution in [0.15, 0.2) is 36.4 Å². The lowest BCUT2D eigenvalue weighted by Gasteiger charge is -2.38. The summed E-state index contributed by atoms with van der Waals surface area (Å²) in [6.07, 6.45) is 1.21. The van der Waals surface area contributed by atoms with E-state index in [1.54, 1.807) is 28.4 Å². The van der Waals surface area contributed by atoms with Crippen molar-refractivity contribution in [3.05, 3.63) is 57.5 Å². The molecule has 1 aromatic carbocycles. The number of rotatable bonds is 6. The topological polar surface area (TPSA) is 52.6 Å². The average Bonchev–Trinajstić information content (AvgIpc) is 2.99. The van der Waals surface area contributed by atoms with Crippen LogP contribution in [0.5, 0.6) is 0 Å². The number of amides is 1. The molecule has 1 saturated heterocycles. The molecule has 0 bridgehead atoms. The molecule has 0 unspecified atom stereocenters. The first-order valence-electron chi connectivity index (χ1n) is 8.48. The van der Waals surface area contributed by atoms with Crippen LogP contribution >= 0.6 is 11.3 Å². The van der Waals surface area contributed by atoms with Crippen LogP contribution < -0.4 is 5.32 Å². The van der Waals surface area contributed by atoms with Crippen molar-refractivity contribution < 1.29 is 14.3 Å². The maximum Gasteiger partial charge on any atom is 0.256 e. The third-order valence-electron chi connectivity index (χ3n) is 4.50. The molecular formula is C19H23FN2O2S. The Hall–Kier alpha value is -1.76. The zero-order valence-electron chi connectivity index (χ0n) is 14.3. The Morgan fingerprint density at radius 2 is 2.04 bits per heavy atom. The molecule has 1 aromatic heterocycles. The molecule has 0 radical (unpaired) electrons. The van der Waals surface area contributed by atoms with Crippen LogP contribution in [-0.4, -0.2) is 34.6 Å². The second-order valence-corrected chi connectivity index (χ2v) is 7.98. The van der Waals surface area contributed by atoms with Crippen LogP contribution in [0.1, 0.15) is 28.2 Å². The van der Waals surface area contributed by atoms with Gasteiger partial charge in [0.15, 0.2) is 5.60 Å². The molecule has 1 atom stereocenters. The highest BCUT2D eigenvalue weighted by Crippen LogP contribution is 2.24. The summed E-state index contributed by atoms with van der Waals surface area (Å²) in [4.78, 5) is 16.8. The smallest absolute Gasteiger partial charge is 0.256 e. The Morgan fingerprint density at radius 3 is 2.72 bits per heavy atom. The van der Waals surface area contributed by atoms with Gasteiger partial charge in [-0.05, 0) is 49.6 Å². The summed E-state index contributed by atoms with van der Waals surface area (Å²) in [5.74, 6) is -0.545. The van der Waals surface area contributed by atoms with Gasteiger partial charge in [-0.25, -0.2) is 4.39 Å². The minimum absolute atomic E-state index is 0.239.